The number of aryl methyl sites for hydroxylation is 2. The molecule has 0 atom stereocenters. The van der Waals surface area contributed by atoms with Crippen molar-refractivity contribution in [2.45, 2.75) is 32.6 Å². The fraction of sp³-hybridized carbons (Fsp3) is 0.261. The normalized spacial score (nSPS) is 11.7. The lowest BCUT2D eigenvalue weighted by atomic mass is 9.98. The molecule has 0 radical (unpaired) electrons. The SMILES string of the molecule is CCOc1c(/C(C)=C/C(=O)Nc2ccc(SC)cc2)cc2c(C)coc2c1C. The van der Waals surface area contributed by atoms with Gasteiger partial charge in [0.25, 0.3) is 0 Å². The predicted molar refractivity (Wildman–Crippen MR) is 117 cm³/mol. The number of fused-ring (bicyclic) bond motifs is 1. The Morgan fingerprint density at radius 1 is 1.25 bits per heavy atom. The van der Waals surface area contributed by atoms with Gasteiger partial charge in [0.15, 0.2) is 0 Å². The number of amides is 1. The monoisotopic (exact) mass is 395 g/mol. The van der Waals surface area contributed by atoms with Gasteiger partial charge in [-0.05, 0) is 75.4 Å². The molecule has 3 rings (SSSR count). The molecular weight excluding hydrogens is 370 g/mol. The van der Waals surface area contributed by atoms with Gasteiger partial charge >= 0.3 is 0 Å². The van der Waals surface area contributed by atoms with Crippen molar-refractivity contribution >= 4 is 39.9 Å². The first-order valence-corrected chi connectivity index (χ1v) is 10.4. The summed E-state index contributed by atoms with van der Waals surface area (Å²) in [6.45, 7) is 8.42. The molecule has 4 nitrogen and oxygen atoms in total. The zero-order chi connectivity index (χ0) is 20.3. The van der Waals surface area contributed by atoms with E-state index in [1.807, 2.05) is 64.3 Å². The van der Waals surface area contributed by atoms with Crippen molar-refractivity contribution in [1.29, 1.82) is 0 Å². The molecule has 28 heavy (non-hydrogen) atoms. The van der Waals surface area contributed by atoms with Gasteiger partial charge in [0.2, 0.25) is 5.91 Å². The Labute approximate surface area is 170 Å². The molecule has 0 spiro atoms. The van der Waals surface area contributed by atoms with Crippen LogP contribution in [0.1, 0.15) is 30.5 Å². The van der Waals surface area contributed by atoms with Crippen LogP contribution in [0.15, 0.2) is 52.0 Å². The number of benzene rings is 2. The highest BCUT2D eigenvalue weighted by molar-refractivity contribution is 7.98. The second-order valence-electron chi connectivity index (χ2n) is 6.65. The van der Waals surface area contributed by atoms with Crippen molar-refractivity contribution in [2.75, 3.05) is 18.2 Å². The zero-order valence-corrected chi connectivity index (χ0v) is 17.7. The zero-order valence-electron chi connectivity index (χ0n) is 16.9. The first-order valence-electron chi connectivity index (χ1n) is 9.22. The summed E-state index contributed by atoms with van der Waals surface area (Å²) < 4.78 is 11.6. The fourth-order valence-electron chi connectivity index (χ4n) is 3.19. The molecule has 1 heterocycles. The van der Waals surface area contributed by atoms with E-state index in [9.17, 15) is 4.79 Å². The van der Waals surface area contributed by atoms with Crippen molar-refractivity contribution in [3.63, 3.8) is 0 Å². The van der Waals surface area contributed by atoms with Crippen LogP contribution < -0.4 is 10.1 Å². The van der Waals surface area contributed by atoms with E-state index in [4.69, 9.17) is 9.15 Å². The molecule has 1 amide bonds. The molecule has 5 heteroatoms. The van der Waals surface area contributed by atoms with Gasteiger partial charge in [0.05, 0.1) is 12.9 Å². The Bertz CT molecular complexity index is 1030. The molecule has 0 saturated carbocycles. The minimum Gasteiger partial charge on any atom is -0.493 e. The summed E-state index contributed by atoms with van der Waals surface area (Å²) in [6.07, 6.45) is 5.39. The van der Waals surface area contributed by atoms with E-state index >= 15 is 0 Å². The Kier molecular flexibility index (Phi) is 6.15. The Hall–Kier alpha value is -2.66. The van der Waals surface area contributed by atoms with Crippen LogP contribution in [-0.2, 0) is 4.79 Å². The van der Waals surface area contributed by atoms with Crippen molar-refractivity contribution in [3.8, 4) is 5.75 Å². The van der Waals surface area contributed by atoms with E-state index in [0.717, 1.165) is 49.6 Å². The Balaban J connectivity index is 1.94. The van der Waals surface area contributed by atoms with E-state index in [1.54, 1.807) is 24.1 Å². The first-order chi connectivity index (χ1) is 13.4. The number of furan rings is 1. The maximum absolute atomic E-state index is 12.5. The third-order valence-corrected chi connectivity index (χ3v) is 5.40. The quantitative estimate of drug-likeness (QED) is 0.398. The number of allylic oxidation sites excluding steroid dienone is 1. The van der Waals surface area contributed by atoms with Crippen LogP contribution in [-0.4, -0.2) is 18.8 Å². The lowest BCUT2D eigenvalue weighted by Crippen LogP contribution is -2.09. The molecule has 0 unspecified atom stereocenters. The number of hydrogen-bond acceptors (Lipinski definition) is 4. The highest BCUT2D eigenvalue weighted by Gasteiger charge is 2.17. The summed E-state index contributed by atoms with van der Waals surface area (Å²) in [7, 11) is 0. The first kappa shape index (κ1) is 20.1. The number of carbonyl (C=O) groups is 1. The summed E-state index contributed by atoms with van der Waals surface area (Å²) in [4.78, 5) is 13.7. The van der Waals surface area contributed by atoms with Crippen LogP contribution in [0.5, 0.6) is 5.75 Å². The number of nitrogens with one attached hydrogen (secondary N) is 1. The molecule has 0 aliphatic carbocycles. The third-order valence-electron chi connectivity index (χ3n) is 4.66. The largest absolute Gasteiger partial charge is 0.493 e. The minimum atomic E-state index is -0.168. The van der Waals surface area contributed by atoms with E-state index in [0.29, 0.717) is 6.61 Å². The van der Waals surface area contributed by atoms with Gasteiger partial charge < -0.3 is 14.5 Å². The van der Waals surface area contributed by atoms with Crippen molar-refractivity contribution in [3.05, 3.63) is 59.4 Å². The maximum atomic E-state index is 12.5. The van der Waals surface area contributed by atoms with Crippen molar-refractivity contribution < 1.29 is 13.9 Å². The van der Waals surface area contributed by atoms with Gasteiger partial charge in [0, 0.05) is 33.2 Å². The summed E-state index contributed by atoms with van der Waals surface area (Å²) >= 11 is 1.67. The van der Waals surface area contributed by atoms with Crippen LogP contribution in [0.4, 0.5) is 5.69 Å². The molecule has 146 valence electrons. The molecule has 0 aliphatic rings. The molecule has 3 aromatic rings. The van der Waals surface area contributed by atoms with Gasteiger partial charge in [-0.2, -0.15) is 0 Å². The summed E-state index contributed by atoms with van der Waals surface area (Å²) in [5.74, 6) is 0.591. The highest BCUT2D eigenvalue weighted by atomic mass is 32.2. The van der Waals surface area contributed by atoms with Gasteiger partial charge in [-0.25, -0.2) is 0 Å². The molecule has 0 saturated heterocycles. The second kappa shape index (κ2) is 8.57. The van der Waals surface area contributed by atoms with Crippen LogP contribution in [0.2, 0.25) is 0 Å². The van der Waals surface area contributed by atoms with Crippen LogP contribution in [0.3, 0.4) is 0 Å². The standard InChI is InChI=1S/C23H25NO3S/c1-6-26-22-16(4)23-20(15(3)13-27-23)12-19(22)14(2)11-21(25)24-17-7-9-18(28-5)10-8-17/h7-13H,6H2,1-5H3,(H,24,25)/b14-11+. The molecule has 1 N–H and O–H groups in total. The van der Waals surface area contributed by atoms with Crippen molar-refractivity contribution in [2.24, 2.45) is 0 Å². The van der Waals surface area contributed by atoms with E-state index in [1.165, 1.54) is 0 Å². The number of ether oxygens (including phenoxy) is 1. The summed E-state index contributed by atoms with van der Waals surface area (Å²) in [5.41, 5.74) is 5.36. The van der Waals surface area contributed by atoms with Gasteiger partial charge in [-0.3, -0.25) is 4.79 Å². The van der Waals surface area contributed by atoms with E-state index in [2.05, 4.69) is 5.32 Å². The Morgan fingerprint density at radius 2 is 1.96 bits per heavy atom. The minimum absolute atomic E-state index is 0.168. The van der Waals surface area contributed by atoms with Gasteiger partial charge in [-0.15, -0.1) is 11.8 Å². The smallest absolute Gasteiger partial charge is 0.248 e. The van der Waals surface area contributed by atoms with Crippen LogP contribution in [0, 0.1) is 13.8 Å². The molecule has 0 fully saturated rings. The number of rotatable bonds is 6. The third kappa shape index (κ3) is 4.09. The molecule has 0 bridgehead atoms. The maximum Gasteiger partial charge on any atom is 0.248 e. The number of carbonyl (C=O) groups excluding carboxylic acids is 1. The predicted octanol–water partition coefficient (Wildman–Crippen LogP) is 6.21. The molecule has 2 aromatic carbocycles. The van der Waals surface area contributed by atoms with Gasteiger partial charge in [0.1, 0.15) is 11.3 Å². The number of hydrogen-bond donors (Lipinski definition) is 1. The van der Waals surface area contributed by atoms with Crippen molar-refractivity contribution in [1.82, 2.24) is 0 Å². The average molecular weight is 396 g/mol. The molecule has 1 aromatic heterocycles. The number of thioether (sulfide) groups is 1. The summed E-state index contributed by atoms with van der Waals surface area (Å²) in [6, 6.07) is 9.83. The second-order valence-corrected chi connectivity index (χ2v) is 7.53. The van der Waals surface area contributed by atoms with E-state index in [-0.39, 0.29) is 5.91 Å². The molecular formula is C23H25NO3S. The highest BCUT2D eigenvalue weighted by Crippen LogP contribution is 2.37. The average Bonchev–Trinajstić information content (AvgIpc) is 3.05. The molecule has 0 aliphatic heterocycles. The fourth-order valence-corrected chi connectivity index (χ4v) is 3.60. The van der Waals surface area contributed by atoms with E-state index < -0.39 is 0 Å². The van der Waals surface area contributed by atoms with Crippen LogP contribution >= 0.6 is 11.8 Å². The number of anilines is 1. The Morgan fingerprint density at radius 3 is 2.61 bits per heavy atom. The lowest BCUT2D eigenvalue weighted by molar-refractivity contribution is -0.111. The summed E-state index contributed by atoms with van der Waals surface area (Å²) in [5, 5.41) is 3.96. The van der Waals surface area contributed by atoms with Crippen LogP contribution in [0.25, 0.3) is 16.5 Å². The lowest BCUT2D eigenvalue weighted by Gasteiger charge is -2.14. The topological polar surface area (TPSA) is 51.5 Å². The van der Waals surface area contributed by atoms with Gasteiger partial charge in [-0.1, -0.05) is 0 Å².